The summed E-state index contributed by atoms with van der Waals surface area (Å²) in [6.45, 7) is 7.70. The lowest BCUT2D eigenvalue weighted by Crippen LogP contribution is -2.28. The molecule has 20 heavy (non-hydrogen) atoms. The summed E-state index contributed by atoms with van der Waals surface area (Å²) >= 11 is 0. The van der Waals surface area contributed by atoms with Gasteiger partial charge in [-0.3, -0.25) is 0 Å². The lowest BCUT2D eigenvalue weighted by Gasteiger charge is -2.23. The Hall–Kier alpha value is -0.910. The molecule has 0 aliphatic heterocycles. The van der Waals surface area contributed by atoms with E-state index in [2.05, 4.69) is 0 Å². The third-order valence-corrected chi connectivity index (χ3v) is 5.34. The van der Waals surface area contributed by atoms with Gasteiger partial charge in [-0.2, -0.15) is 0 Å². The molecule has 1 aromatic rings. The molecule has 0 fully saturated rings. The molecule has 0 aliphatic rings. The minimum Gasteiger partial charge on any atom is -0.379 e. The Kier molecular flexibility index (Phi) is 5.74. The smallest absolute Gasteiger partial charge is 0.204 e. The number of hydrogen-bond acceptors (Lipinski definition) is 4. The van der Waals surface area contributed by atoms with Crippen LogP contribution in [0.25, 0.3) is 0 Å². The van der Waals surface area contributed by atoms with Crippen LogP contribution in [0.3, 0.4) is 0 Å². The van der Waals surface area contributed by atoms with Gasteiger partial charge in [-0.15, -0.1) is 0 Å². The van der Waals surface area contributed by atoms with Crippen LogP contribution in [0.1, 0.15) is 32.8 Å². The Morgan fingerprint density at radius 1 is 1.20 bits per heavy atom. The molecule has 4 nitrogen and oxygen atoms in total. The second-order valence-corrected chi connectivity index (χ2v) is 7.74. The van der Waals surface area contributed by atoms with Gasteiger partial charge in [0.15, 0.2) is 5.44 Å². The van der Waals surface area contributed by atoms with Crippen molar-refractivity contribution in [1.82, 2.24) is 0 Å². The fraction of sp³-hybridized carbons (Fsp3) is 0.600. The maximum atomic E-state index is 12.3. The van der Waals surface area contributed by atoms with Gasteiger partial charge in [-0.1, -0.05) is 17.7 Å². The summed E-state index contributed by atoms with van der Waals surface area (Å²) in [5.74, 6) is 0. The van der Waals surface area contributed by atoms with E-state index in [-0.39, 0.29) is 5.60 Å². The number of benzene rings is 1. The van der Waals surface area contributed by atoms with Crippen molar-refractivity contribution in [2.75, 3.05) is 13.7 Å². The Morgan fingerprint density at radius 3 is 2.25 bits per heavy atom. The van der Waals surface area contributed by atoms with Crippen LogP contribution in [0.4, 0.5) is 0 Å². The van der Waals surface area contributed by atoms with E-state index in [0.29, 0.717) is 17.9 Å². The molecule has 1 unspecified atom stereocenters. The van der Waals surface area contributed by atoms with Crippen LogP contribution in [-0.2, 0) is 19.3 Å². The normalized spacial score (nSPS) is 14.2. The third-order valence-electron chi connectivity index (χ3n) is 3.40. The molecule has 0 N–H and O–H groups in total. The molecule has 0 amide bonds. The van der Waals surface area contributed by atoms with Gasteiger partial charge in [0.1, 0.15) is 0 Å². The van der Waals surface area contributed by atoms with E-state index in [9.17, 15) is 8.42 Å². The first-order chi connectivity index (χ1) is 9.19. The molecule has 1 atom stereocenters. The van der Waals surface area contributed by atoms with E-state index in [1.807, 2.05) is 20.8 Å². The van der Waals surface area contributed by atoms with Gasteiger partial charge in [0.05, 0.1) is 17.1 Å². The third kappa shape index (κ3) is 4.58. The minimum atomic E-state index is -3.44. The van der Waals surface area contributed by atoms with Gasteiger partial charge >= 0.3 is 0 Å². The van der Waals surface area contributed by atoms with Crippen molar-refractivity contribution < 1.29 is 17.9 Å². The number of hydrogen-bond donors (Lipinski definition) is 0. The molecule has 0 aliphatic carbocycles. The van der Waals surface area contributed by atoms with E-state index in [1.54, 1.807) is 38.3 Å². The van der Waals surface area contributed by atoms with Crippen molar-refractivity contribution in [3.63, 3.8) is 0 Å². The molecular weight excluding hydrogens is 276 g/mol. The predicted molar refractivity (Wildman–Crippen MR) is 79.5 cm³/mol. The minimum absolute atomic E-state index is 0.293. The van der Waals surface area contributed by atoms with Gasteiger partial charge in [0, 0.05) is 7.11 Å². The zero-order valence-electron chi connectivity index (χ0n) is 12.8. The summed E-state index contributed by atoms with van der Waals surface area (Å²) in [5.41, 5.74) is -0.148. The molecule has 0 bridgehead atoms. The first-order valence-electron chi connectivity index (χ1n) is 6.66. The molecule has 0 spiro atoms. The van der Waals surface area contributed by atoms with E-state index < -0.39 is 15.3 Å². The van der Waals surface area contributed by atoms with Crippen LogP contribution in [-0.4, -0.2) is 33.2 Å². The molecule has 0 heterocycles. The van der Waals surface area contributed by atoms with Crippen LogP contribution in [0.15, 0.2) is 29.2 Å². The highest BCUT2D eigenvalue weighted by molar-refractivity contribution is 7.91. The predicted octanol–water partition coefficient (Wildman–Crippen LogP) is 2.95. The maximum absolute atomic E-state index is 12.3. The van der Waals surface area contributed by atoms with Crippen LogP contribution < -0.4 is 0 Å². The zero-order valence-corrected chi connectivity index (χ0v) is 13.7. The highest BCUT2D eigenvalue weighted by Gasteiger charge is 2.25. The highest BCUT2D eigenvalue weighted by atomic mass is 32.2. The number of aryl methyl sites for hydroxylation is 1. The summed E-state index contributed by atoms with van der Waals surface area (Å²) in [7, 11) is -1.81. The molecule has 5 heteroatoms. The van der Waals surface area contributed by atoms with Crippen LogP contribution >= 0.6 is 0 Å². The molecular formula is C15H24O4S. The number of sulfone groups is 1. The monoisotopic (exact) mass is 300 g/mol. The van der Waals surface area contributed by atoms with Crippen molar-refractivity contribution in [3.8, 4) is 0 Å². The molecule has 114 valence electrons. The zero-order chi connectivity index (χ0) is 15.4. The Balaban J connectivity index is 2.66. The van der Waals surface area contributed by atoms with Crippen molar-refractivity contribution in [2.24, 2.45) is 0 Å². The van der Waals surface area contributed by atoms with E-state index >= 15 is 0 Å². The van der Waals surface area contributed by atoms with Crippen molar-refractivity contribution in [3.05, 3.63) is 29.8 Å². The first-order valence-corrected chi connectivity index (χ1v) is 8.21. The van der Waals surface area contributed by atoms with Gasteiger partial charge in [0.25, 0.3) is 0 Å². The summed E-state index contributed by atoms with van der Waals surface area (Å²) in [6.07, 6.45) is 0.636. The summed E-state index contributed by atoms with van der Waals surface area (Å²) in [4.78, 5) is 0.293. The molecule has 0 saturated heterocycles. The van der Waals surface area contributed by atoms with Gasteiger partial charge in [0.2, 0.25) is 9.84 Å². The van der Waals surface area contributed by atoms with Crippen molar-refractivity contribution in [2.45, 2.75) is 50.0 Å². The number of rotatable bonds is 7. The maximum Gasteiger partial charge on any atom is 0.204 e. The van der Waals surface area contributed by atoms with E-state index in [1.165, 1.54) is 0 Å². The van der Waals surface area contributed by atoms with Crippen molar-refractivity contribution >= 4 is 9.84 Å². The largest absolute Gasteiger partial charge is 0.379 e. The number of methoxy groups -OCH3 is 1. The van der Waals surface area contributed by atoms with E-state index in [4.69, 9.17) is 9.47 Å². The van der Waals surface area contributed by atoms with Gasteiger partial charge in [-0.05, 0) is 46.2 Å². The molecule has 1 rings (SSSR count). The Morgan fingerprint density at radius 2 is 1.75 bits per heavy atom. The fourth-order valence-corrected chi connectivity index (χ4v) is 2.76. The lowest BCUT2D eigenvalue weighted by atomic mass is 10.1. The lowest BCUT2D eigenvalue weighted by molar-refractivity contribution is -0.0126. The second-order valence-electron chi connectivity index (χ2n) is 5.51. The average molecular weight is 300 g/mol. The van der Waals surface area contributed by atoms with Crippen LogP contribution in [0.5, 0.6) is 0 Å². The average Bonchev–Trinajstić information content (AvgIpc) is 2.39. The molecule has 0 aromatic heterocycles. The molecule has 0 saturated carbocycles. The van der Waals surface area contributed by atoms with Gasteiger partial charge in [-0.25, -0.2) is 8.42 Å². The highest BCUT2D eigenvalue weighted by Crippen LogP contribution is 2.19. The standard InChI is InChI=1S/C15H24O4S/c1-12-6-8-14(9-7-12)20(16,17)13(2)19-11-10-15(3,4)18-5/h6-9,13H,10-11H2,1-5H3. The second kappa shape index (κ2) is 6.70. The topological polar surface area (TPSA) is 52.6 Å². The SMILES string of the molecule is COC(C)(C)CCOC(C)S(=O)(=O)c1ccc(C)cc1. The number of ether oxygens (including phenoxy) is 2. The van der Waals surface area contributed by atoms with E-state index in [0.717, 1.165) is 5.56 Å². The quantitative estimate of drug-likeness (QED) is 0.777. The Labute approximate surface area is 122 Å². The summed E-state index contributed by atoms with van der Waals surface area (Å²) in [5, 5.41) is 0. The Bertz CT molecular complexity index is 517. The summed E-state index contributed by atoms with van der Waals surface area (Å²) in [6, 6.07) is 6.80. The fourth-order valence-electron chi connectivity index (χ4n) is 1.58. The van der Waals surface area contributed by atoms with Gasteiger partial charge < -0.3 is 9.47 Å². The summed E-state index contributed by atoms with van der Waals surface area (Å²) < 4.78 is 35.4. The van der Waals surface area contributed by atoms with Crippen LogP contribution in [0.2, 0.25) is 0 Å². The van der Waals surface area contributed by atoms with Crippen molar-refractivity contribution in [1.29, 1.82) is 0 Å². The first kappa shape index (κ1) is 17.1. The molecule has 0 radical (unpaired) electrons. The molecule has 1 aromatic carbocycles. The van der Waals surface area contributed by atoms with Crippen LogP contribution in [0, 0.1) is 6.92 Å².